The number of benzene rings is 1. The average Bonchev–Trinajstić information content (AvgIpc) is 3.49. The van der Waals surface area contributed by atoms with Crippen LogP contribution in [0.25, 0.3) is 22.4 Å². The zero-order valence-corrected chi connectivity index (χ0v) is 21.1. The van der Waals surface area contributed by atoms with Gasteiger partial charge in [-0.2, -0.15) is 0 Å². The second kappa shape index (κ2) is 8.40. The van der Waals surface area contributed by atoms with E-state index in [4.69, 9.17) is 9.40 Å². The lowest BCUT2D eigenvalue weighted by Gasteiger charge is -2.45. The summed E-state index contributed by atoms with van der Waals surface area (Å²) < 4.78 is 19.6. The first-order chi connectivity index (χ1) is 17.0. The lowest BCUT2D eigenvalue weighted by atomic mass is 9.86. The van der Waals surface area contributed by atoms with Crippen LogP contribution in [0, 0.1) is 5.82 Å². The van der Waals surface area contributed by atoms with Crippen LogP contribution < -0.4 is 0 Å². The largest absolute Gasteiger partial charge is 0.449 e. The number of fused-ring (bicyclic) bond motifs is 1. The Hall–Kier alpha value is -3.81. The second-order valence-corrected chi connectivity index (χ2v) is 10.7. The molecule has 2 amide bonds. The van der Waals surface area contributed by atoms with Crippen molar-refractivity contribution in [1.82, 2.24) is 14.8 Å². The molecule has 0 aliphatic carbocycles. The Morgan fingerprint density at radius 1 is 1.11 bits per heavy atom. The van der Waals surface area contributed by atoms with Crippen LogP contribution in [0.4, 0.5) is 4.39 Å². The number of pyridine rings is 1. The lowest BCUT2D eigenvalue weighted by Crippen LogP contribution is -2.64. The lowest BCUT2D eigenvalue weighted by molar-refractivity contribution is -0.143. The fourth-order valence-corrected chi connectivity index (χ4v) is 4.74. The molecule has 36 heavy (non-hydrogen) atoms. The molecule has 2 aliphatic heterocycles. The number of carbonyl (C=O) groups is 2. The van der Waals surface area contributed by atoms with E-state index in [0.717, 1.165) is 16.8 Å². The molecule has 0 spiro atoms. The Kier molecular flexibility index (Phi) is 5.58. The summed E-state index contributed by atoms with van der Waals surface area (Å²) in [6, 6.07) is 9.72. The van der Waals surface area contributed by atoms with Gasteiger partial charge in [0, 0.05) is 36.5 Å². The zero-order valence-electron chi connectivity index (χ0n) is 21.1. The number of hydrogen-bond donors (Lipinski definition) is 0. The maximum absolute atomic E-state index is 13.7. The van der Waals surface area contributed by atoms with E-state index in [1.165, 1.54) is 12.1 Å². The molecule has 7 nitrogen and oxygen atoms in total. The number of carbonyl (C=O) groups excluding carboxylic acids is 2. The molecule has 4 heterocycles. The topological polar surface area (TPSA) is 79.0 Å². The Labute approximate surface area is 209 Å². The number of halogens is 1. The number of piperazine rings is 1. The van der Waals surface area contributed by atoms with Crippen molar-refractivity contribution in [2.75, 3.05) is 19.6 Å². The number of aromatic nitrogens is 1. The van der Waals surface area contributed by atoms with Crippen molar-refractivity contribution in [3.05, 3.63) is 65.3 Å². The third-order valence-electron chi connectivity index (χ3n) is 6.81. The van der Waals surface area contributed by atoms with Crippen LogP contribution in [0.2, 0.25) is 0 Å². The first-order valence-electron chi connectivity index (χ1n) is 12.0. The van der Waals surface area contributed by atoms with Gasteiger partial charge in [0.2, 0.25) is 0 Å². The summed E-state index contributed by atoms with van der Waals surface area (Å²) in [5, 5.41) is 0. The standard InChI is InChI=1S/C28H29FN4O3/c1-27(2,3)20-14-21(17-6-8-18(29)9-7-17)31-22-15-23(36-24(20)22)25(34)33-13-12-32(19-10-11-30-16-19)26(35)28(33,4)5/h6-10,14-16H,11-13H2,1-5H3. The summed E-state index contributed by atoms with van der Waals surface area (Å²) in [6.07, 6.45) is 3.60. The van der Waals surface area contributed by atoms with Crippen molar-refractivity contribution < 1.29 is 18.4 Å². The molecule has 0 atom stereocenters. The molecule has 0 saturated carbocycles. The van der Waals surface area contributed by atoms with Gasteiger partial charge in [-0.05, 0) is 55.7 Å². The van der Waals surface area contributed by atoms with Crippen molar-refractivity contribution in [2.45, 2.75) is 45.6 Å². The fraction of sp³-hybridized carbons (Fsp3) is 0.357. The Bertz CT molecular complexity index is 1430. The van der Waals surface area contributed by atoms with Gasteiger partial charge in [0.05, 0.1) is 17.9 Å². The number of hydrogen-bond acceptors (Lipinski definition) is 5. The van der Waals surface area contributed by atoms with Crippen LogP contribution in [0.5, 0.6) is 0 Å². The molecule has 3 aromatic rings. The van der Waals surface area contributed by atoms with Crippen LogP contribution in [0.1, 0.15) is 50.7 Å². The maximum Gasteiger partial charge on any atom is 0.290 e. The highest BCUT2D eigenvalue weighted by Gasteiger charge is 2.46. The van der Waals surface area contributed by atoms with Crippen LogP contribution in [0.15, 0.2) is 57.6 Å². The molecule has 0 bridgehead atoms. The summed E-state index contributed by atoms with van der Waals surface area (Å²) in [7, 11) is 0. The molecule has 0 unspecified atom stereocenters. The van der Waals surface area contributed by atoms with Gasteiger partial charge in [-0.15, -0.1) is 0 Å². The summed E-state index contributed by atoms with van der Waals surface area (Å²) in [5.74, 6) is -0.704. The van der Waals surface area contributed by atoms with Crippen molar-refractivity contribution in [3.63, 3.8) is 0 Å². The summed E-state index contributed by atoms with van der Waals surface area (Å²) in [6.45, 7) is 11.0. The smallest absolute Gasteiger partial charge is 0.290 e. The zero-order chi connectivity index (χ0) is 25.8. The van der Waals surface area contributed by atoms with Gasteiger partial charge >= 0.3 is 0 Å². The Morgan fingerprint density at radius 3 is 2.47 bits per heavy atom. The number of allylic oxidation sites excluding steroid dienone is 1. The highest BCUT2D eigenvalue weighted by atomic mass is 19.1. The van der Waals surface area contributed by atoms with Crippen molar-refractivity contribution in [3.8, 4) is 11.3 Å². The van der Waals surface area contributed by atoms with E-state index >= 15 is 0 Å². The third kappa shape index (κ3) is 4.00. The van der Waals surface area contributed by atoms with Gasteiger partial charge in [0.15, 0.2) is 11.3 Å². The van der Waals surface area contributed by atoms with Gasteiger partial charge in [-0.1, -0.05) is 20.8 Å². The van der Waals surface area contributed by atoms with Gasteiger partial charge in [0.1, 0.15) is 16.9 Å². The van der Waals surface area contributed by atoms with Crippen LogP contribution >= 0.6 is 0 Å². The van der Waals surface area contributed by atoms with E-state index in [1.807, 2.05) is 12.1 Å². The average molecular weight is 489 g/mol. The Balaban J connectivity index is 1.53. The SMILES string of the molecule is CC(C)(C)c1cc(-c2ccc(F)cc2)nc2cc(C(=O)N3CCN(C4=CCN=C4)C(=O)C3(C)C)oc12. The van der Waals surface area contributed by atoms with Crippen LogP contribution in [0.3, 0.4) is 0 Å². The molecule has 8 heteroatoms. The van der Waals surface area contributed by atoms with Gasteiger partial charge in [-0.3, -0.25) is 14.6 Å². The molecule has 0 radical (unpaired) electrons. The van der Waals surface area contributed by atoms with E-state index in [1.54, 1.807) is 48.1 Å². The molecule has 1 fully saturated rings. The van der Waals surface area contributed by atoms with E-state index in [2.05, 4.69) is 25.8 Å². The van der Waals surface area contributed by atoms with Gasteiger partial charge < -0.3 is 14.2 Å². The molecule has 2 aromatic heterocycles. The van der Waals surface area contributed by atoms with Crippen LogP contribution in [-0.4, -0.2) is 58.0 Å². The van der Waals surface area contributed by atoms with Gasteiger partial charge in [0.25, 0.3) is 11.8 Å². The monoisotopic (exact) mass is 488 g/mol. The Morgan fingerprint density at radius 2 is 1.83 bits per heavy atom. The van der Waals surface area contributed by atoms with Crippen molar-refractivity contribution in [2.24, 2.45) is 4.99 Å². The van der Waals surface area contributed by atoms with Crippen molar-refractivity contribution in [1.29, 1.82) is 0 Å². The van der Waals surface area contributed by atoms with E-state index < -0.39 is 5.54 Å². The number of aliphatic imine (C=N–C) groups is 1. The number of amides is 2. The van der Waals surface area contributed by atoms with E-state index in [-0.39, 0.29) is 28.8 Å². The second-order valence-electron chi connectivity index (χ2n) is 10.7. The molecular weight excluding hydrogens is 459 g/mol. The molecule has 1 saturated heterocycles. The number of nitrogens with zero attached hydrogens (tertiary/aromatic N) is 4. The first kappa shape index (κ1) is 23.9. The maximum atomic E-state index is 13.7. The minimum Gasteiger partial charge on any atom is -0.449 e. The molecule has 0 N–H and O–H groups in total. The molecular formula is C28H29FN4O3. The highest BCUT2D eigenvalue weighted by Crippen LogP contribution is 2.36. The fourth-order valence-electron chi connectivity index (χ4n) is 4.74. The number of furan rings is 1. The predicted molar refractivity (Wildman–Crippen MR) is 136 cm³/mol. The molecule has 2 aliphatic rings. The van der Waals surface area contributed by atoms with E-state index in [0.29, 0.717) is 36.4 Å². The third-order valence-corrected chi connectivity index (χ3v) is 6.81. The minimum absolute atomic E-state index is 0.134. The number of rotatable bonds is 3. The van der Waals surface area contributed by atoms with Crippen LogP contribution in [-0.2, 0) is 10.2 Å². The summed E-state index contributed by atoms with van der Waals surface area (Å²) >= 11 is 0. The van der Waals surface area contributed by atoms with Crippen molar-refractivity contribution >= 4 is 29.1 Å². The highest BCUT2D eigenvalue weighted by molar-refractivity contribution is 6.02. The summed E-state index contributed by atoms with van der Waals surface area (Å²) in [4.78, 5) is 39.1. The molecule has 1 aromatic carbocycles. The predicted octanol–water partition coefficient (Wildman–Crippen LogP) is 4.96. The quantitative estimate of drug-likeness (QED) is 0.522. The minimum atomic E-state index is -1.06. The summed E-state index contributed by atoms with van der Waals surface area (Å²) in [5.41, 5.74) is 2.81. The first-order valence-corrected chi connectivity index (χ1v) is 12.0. The normalized spacial score (nSPS) is 17.7. The molecule has 186 valence electrons. The van der Waals surface area contributed by atoms with Gasteiger partial charge in [-0.25, -0.2) is 9.37 Å². The van der Waals surface area contributed by atoms with E-state index in [9.17, 15) is 14.0 Å². The molecule has 5 rings (SSSR count).